The lowest BCUT2D eigenvalue weighted by molar-refractivity contribution is -0.0772. The van der Waals surface area contributed by atoms with Gasteiger partial charge in [0, 0.05) is 26.1 Å². The highest BCUT2D eigenvalue weighted by molar-refractivity contribution is 5.33. The number of morpholine rings is 1. The minimum absolute atomic E-state index is 0.239. The molecule has 2 rings (SSSR count). The van der Waals surface area contributed by atoms with Gasteiger partial charge in [-0.3, -0.25) is 4.90 Å². The molecule has 1 saturated heterocycles. The van der Waals surface area contributed by atoms with E-state index in [2.05, 4.69) is 38.7 Å². The normalized spacial score (nSPS) is 24.2. The quantitative estimate of drug-likeness (QED) is 0.877. The van der Waals surface area contributed by atoms with E-state index in [1.807, 2.05) is 12.1 Å². The zero-order valence-corrected chi connectivity index (χ0v) is 14.2. The summed E-state index contributed by atoms with van der Waals surface area (Å²) in [5.74, 6) is 0.879. The topological polar surface area (TPSA) is 41.9 Å². The van der Waals surface area contributed by atoms with Crippen LogP contribution in [0.15, 0.2) is 18.2 Å². The minimum Gasteiger partial charge on any atom is -0.493 e. The lowest BCUT2D eigenvalue weighted by atomic mass is 10.1. The molecular weight excluding hydrogens is 278 g/mol. The van der Waals surface area contributed by atoms with Gasteiger partial charge in [-0.05, 0) is 51.0 Å². The molecular formula is C18H29NO3. The van der Waals surface area contributed by atoms with E-state index >= 15 is 0 Å². The molecule has 4 heteroatoms. The van der Waals surface area contributed by atoms with E-state index in [0.717, 1.165) is 18.8 Å². The molecule has 0 unspecified atom stereocenters. The van der Waals surface area contributed by atoms with Gasteiger partial charge in [0.15, 0.2) is 0 Å². The number of rotatable bonds is 6. The van der Waals surface area contributed by atoms with Crippen LogP contribution in [0.3, 0.4) is 0 Å². The van der Waals surface area contributed by atoms with Gasteiger partial charge in [0.2, 0.25) is 0 Å². The lowest BCUT2D eigenvalue weighted by Crippen LogP contribution is -2.48. The van der Waals surface area contributed by atoms with E-state index in [0.29, 0.717) is 19.6 Å². The number of benzene rings is 1. The summed E-state index contributed by atoms with van der Waals surface area (Å²) in [7, 11) is 0. The Morgan fingerprint density at radius 3 is 2.55 bits per heavy atom. The molecule has 1 heterocycles. The molecule has 1 aromatic rings. The minimum atomic E-state index is -0.357. The van der Waals surface area contributed by atoms with E-state index in [1.165, 1.54) is 11.1 Å². The van der Waals surface area contributed by atoms with Gasteiger partial charge < -0.3 is 14.6 Å². The first-order chi connectivity index (χ1) is 10.4. The van der Waals surface area contributed by atoms with Gasteiger partial charge in [-0.2, -0.15) is 0 Å². The van der Waals surface area contributed by atoms with Gasteiger partial charge in [-0.25, -0.2) is 0 Å². The van der Waals surface area contributed by atoms with Gasteiger partial charge in [0.05, 0.1) is 24.9 Å². The summed E-state index contributed by atoms with van der Waals surface area (Å²) in [5, 5.41) is 10.2. The maximum Gasteiger partial charge on any atom is 0.119 e. The van der Waals surface area contributed by atoms with Crippen LogP contribution in [0.4, 0.5) is 0 Å². The van der Waals surface area contributed by atoms with Crippen molar-refractivity contribution < 1.29 is 14.6 Å². The number of hydrogen-bond donors (Lipinski definition) is 1. The highest BCUT2D eigenvalue weighted by Gasteiger charge is 2.23. The third-order valence-corrected chi connectivity index (χ3v) is 4.16. The van der Waals surface area contributed by atoms with Gasteiger partial charge in [-0.1, -0.05) is 6.07 Å². The molecule has 0 saturated carbocycles. The van der Waals surface area contributed by atoms with E-state index in [1.54, 1.807) is 0 Å². The number of aryl methyl sites for hydroxylation is 2. The summed E-state index contributed by atoms with van der Waals surface area (Å²) in [4.78, 5) is 2.28. The third kappa shape index (κ3) is 5.27. The molecule has 1 fully saturated rings. The van der Waals surface area contributed by atoms with Crippen LogP contribution in [0, 0.1) is 13.8 Å². The summed E-state index contributed by atoms with van der Waals surface area (Å²) < 4.78 is 11.5. The molecule has 1 aromatic carbocycles. The number of nitrogens with zero attached hydrogens (tertiary/aromatic N) is 1. The van der Waals surface area contributed by atoms with Crippen molar-refractivity contribution in [3.8, 4) is 5.75 Å². The monoisotopic (exact) mass is 307 g/mol. The Kier molecular flexibility index (Phi) is 6.24. The van der Waals surface area contributed by atoms with Crippen LogP contribution in [0.5, 0.6) is 5.75 Å². The number of β-amino-alcohol motifs (C(OH)–C–C–N with tert-alkyl or cyclic N) is 1. The van der Waals surface area contributed by atoms with Crippen molar-refractivity contribution in [3.05, 3.63) is 29.3 Å². The second kappa shape index (κ2) is 7.95. The average Bonchev–Trinajstić information content (AvgIpc) is 2.41. The SMILES string of the molecule is Cc1ccc(OCC[C@H](O)CN2C[C@@H](C)O[C@@H](C)C2)cc1C. The van der Waals surface area contributed by atoms with Crippen LogP contribution in [0.2, 0.25) is 0 Å². The Hall–Kier alpha value is -1.10. The van der Waals surface area contributed by atoms with E-state index in [9.17, 15) is 5.11 Å². The lowest BCUT2D eigenvalue weighted by Gasteiger charge is -2.36. The van der Waals surface area contributed by atoms with Gasteiger partial charge >= 0.3 is 0 Å². The van der Waals surface area contributed by atoms with E-state index < -0.39 is 0 Å². The fraction of sp³-hybridized carbons (Fsp3) is 0.667. The van der Waals surface area contributed by atoms with Gasteiger partial charge in [0.1, 0.15) is 5.75 Å². The van der Waals surface area contributed by atoms with Crippen molar-refractivity contribution in [1.29, 1.82) is 0 Å². The summed E-state index contributed by atoms with van der Waals surface area (Å²) in [6.45, 7) is 11.3. The van der Waals surface area contributed by atoms with Crippen LogP contribution >= 0.6 is 0 Å². The maximum absolute atomic E-state index is 10.2. The van der Waals surface area contributed by atoms with Crippen LogP contribution in [0.1, 0.15) is 31.4 Å². The molecule has 0 radical (unpaired) electrons. The summed E-state index contributed by atoms with van der Waals surface area (Å²) >= 11 is 0. The largest absolute Gasteiger partial charge is 0.493 e. The fourth-order valence-corrected chi connectivity index (χ4v) is 2.94. The molecule has 4 nitrogen and oxygen atoms in total. The number of aliphatic hydroxyl groups is 1. The Morgan fingerprint density at radius 1 is 1.23 bits per heavy atom. The highest BCUT2D eigenvalue weighted by Crippen LogP contribution is 2.17. The third-order valence-electron chi connectivity index (χ3n) is 4.16. The second-order valence-corrected chi connectivity index (χ2v) is 6.51. The van der Waals surface area contributed by atoms with Crippen molar-refractivity contribution in [1.82, 2.24) is 4.90 Å². The zero-order valence-electron chi connectivity index (χ0n) is 14.2. The van der Waals surface area contributed by atoms with Gasteiger partial charge in [0.25, 0.3) is 0 Å². The highest BCUT2D eigenvalue weighted by atomic mass is 16.5. The number of ether oxygens (including phenoxy) is 2. The van der Waals surface area contributed by atoms with Crippen LogP contribution < -0.4 is 4.74 Å². The molecule has 0 amide bonds. The smallest absolute Gasteiger partial charge is 0.119 e. The van der Waals surface area contributed by atoms with E-state index in [-0.39, 0.29) is 18.3 Å². The first kappa shape index (κ1) is 17.3. The maximum atomic E-state index is 10.2. The predicted octanol–water partition coefficient (Wildman–Crippen LogP) is 2.54. The standard InChI is InChI=1S/C18H29NO3/c1-13-5-6-18(9-14(13)2)21-8-7-17(20)12-19-10-15(3)22-16(4)11-19/h5-6,9,15-17,20H,7-8,10-12H2,1-4H3/t15-,16+,17-/m0/s1. The second-order valence-electron chi connectivity index (χ2n) is 6.51. The molecule has 3 atom stereocenters. The van der Waals surface area contributed by atoms with Crippen molar-refractivity contribution >= 4 is 0 Å². The van der Waals surface area contributed by atoms with E-state index in [4.69, 9.17) is 9.47 Å². The summed E-state index contributed by atoms with van der Waals surface area (Å²) in [5.41, 5.74) is 2.50. The predicted molar refractivity (Wildman–Crippen MR) is 88.5 cm³/mol. The van der Waals surface area contributed by atoms with Crippen LogP contribution in [0.25, 0.3) is 0 Å². The number of aliphatic hydroxyl groups excluding tert-OH is 1. The molecule has 0 bridgehead atoms. The Morgan fingerprint density at radius 2 is 1.91 bits per heavy atom. The van der Waals surface area contributed by atoms with Crippen LogP contribution in [-0.4, -0.2) is 54.6 Å². The molecule has 22 heavy (non-hydrogen) atoms. The molecule has 1 aliphatic rings. The average molecular weight is 307 g/mol. The molecule has 0 aromatic heterocycles. The van der Waals surface area contributed by atoms with Crippen molar-refractivity contribution in [3.63, 3.8) is 0 Å². The first-order valence-electron chi connectivity index (χ1n) is 8.20. The number of hydrogen-bond acceptors (Lipinski definition) is 4. The molecule has 124 valence electrons. The van der Waals surface area contributed by atoms with Crippen molar-refractivity contribution in [2.24, 2.45) is 0 Å². The Bertz CT molecular complexity index is 467. The van der Waals surface area contributed by atoms with Crippen molar-refractivity contribution in [2.75, 3.05) is 26.2 Å². The van der Waals surface area contributed by atoms with Gasteiger partial charge in [-0.15, -0.1) is 0 Å². The summed E-state index contributed by atoms with van der Waals surface area (Å²) in [6, 6.07) is 6.10. The molecule has 0 spiro atoms. The zero-order chi connectivity index (χ0) is 16.1. The molecule has 1 aliphatic heterocycles. The molecule has 1 N–H and O–H groups in total. The first-order valence-corrected chi connectivity index (χ1v) is 8.20. The fourth-order valence-electron chi connectivity index (χ4n) is 2.94. The Labute approximate surface area is 134 Å². The van der Waals surface area contributed by atoms with Crippen LogP contribution in [-0.2, 0) is 4.74 Å². The summed E-state index contributed by atoms with van der Waals surface area (Å²) in [6.07, 6.45) is 0.766. The molecule has 0 aliphatic carbocycles. The van der Waals surface area contributed by atoms with Crippen molar-refractivity contribution in [2.45, 2.75) is 52.4 Å². The Balaban J connectivity index is 1.71.